The summed E-state index contributed by atoms with van der Waals surface area (Å²) in [4.78, 5) is 22.9. The Bertz CT molecular complexity index is 475. The van der Waals surface area contributed by atoms with Crippen LogP contribution in [0.2, 0.25) is 0 Å². The Hall–Kier alpha value is -2.24. The predicted octanol–water partition coefficient (Wildman–Crippen LogP) is 1.06. The van der Waals surface area contributed by atoms with Gasteiger partial charge in [0.2, 0.25) is 5.91 Å². The summed E-state index contributed by atoms with van der Waals surface area (Å²) in [6.45, 7) is 4.19. The van der Waals surface area contributed by atoms with Crippen LogP contribution in [0.4, 0.5) is 4.79 Å². The van der Waals surface area contributed by atoms with E-state index in [4.69, 9.17) is 4.74 Å². The number of benzene rings is 1. The molecule has 1 aromatic rings. The van der Waals surface area contributed by atoms with Crippen LogP contribution < -0.4 is 20.7 Å². The molecule has 0 bridgehead atoms. The lowest BCUT2D eigenvalue weighted by Crippen LogP contribution is -2.44. The van der Waals surface area contributed by atoms with Gasteiger partial charge in [-0.1, -0.05) is 12.1 Å². The lowest BCUT2D eigenvalue weighted by Gasteiger charge is -2.10. The van der Waals surface area contributed by atoms with Gasteiger partial charge in [-0.25, -0.2) is 4.79 Å². The molecule has 0 fully saturated rings. The highest BCUT2D eigenvalue weighted by molar-refractivity contribution is 5.83. The van der Waals surface area contributed by atoms with Crippen molar-refractivity contribution in [1.29, 1.82) is 0 Å². The zero-order valence-electron chi connectivity index (χ0n) is 12.7. The highest BCUT2D eigenvalue weighted by Crippen LogP contribution is 2.12. The van der Waals surface area contributed by atoms with E-state index in [-0.39, 0.29) is 24.5 Å². The van der Waals surface area contributed by atoms with Gasteiger partial charge in [0.05, 0.1) is 13.7 Å². The van der Waals surface area contributed by atoms with Crippen LogP contribution in [-0.2, 0) is 11.2 Å². The molecule has 0 heterocycles. The van der Waals surface area contributed by atoms with E-state index in [1.54, 1.807) is 7.11 Å². The largest absolute Gasteiger partial charge is 0.497 e. The van der Waals surface area contributed by atoms with Crippen LogP contribution in [0.3, 0.4) is 0 Å². The molecule has 3 amide bonds. The van der Waals surface area contributed by atoms with Gasteiger partial charge in [0.25, 0.3) is 0 Å². The lowest BCUT2D eigenvalue weighted by atomic mass is 10.1. The third-order valence-corrected chi connectivity index (χ3v) is 2.70. The van der Waals surface area contributed by atoms with Crippen molar-refractivity contribution in [3.63, 3.8) is 0 Å². The van der Waals surface area contributed by atoms with Crippen LogP contribution in [-0.4, -0.2) is 38.2 Å². The summed E-state index contributed by atoms with van der Waals surface area (Å²) in [5, 5.41) is 7.90. The van der Waals surface area contributed by atoms with E-state index in [1.165, 1.54) is 0 Å². The van der Waals surface area contributed by atoms with E-state index in [0.717, 1.165) is 11.3 Å². The average Bonchev–Trinajstić information content (AvgIpc) is 2.44. The van der Waals surface area contributed by atoms with Gasteiger partial charge in [0, 0.05) is 12.6 Å². The van der Waals surface area contributed by atoms with E-state index < -0.39 is 0 Å². The Morgan fingerprint density at radius 2 is 2.00 bits per heavy atom. The molecule has 0 aliphatic carbocycles. The Labute approximate surface area is 125 Å². The third-order valence-electron chi connectivity index (χ3n) is 2.70. The lowest BCUT2D eigenvalue weighted by molar-refractivity contribution is -0.120. The maximum Gasteiger partial charge on any atom is 0.315 e. The van der Waals surface area contributed by atoms with Crippen molar-refractivity contribution in [3.05, 3.63) is 29.8 Å². The molecule has 0 radical (unpaired) electrons. The van der Waals surface area contributed by atoms with Gasteiger partial charge in [0.15, 0.2) is 0 Å². The summed E-state index contributed by atoms with van der Waals surface area (Å²) in [5.74, 6) is 0.586. The average molecular weight is 293 g/mol. The Morgan fingerprint density at radius 3 is 2.67 bits per heavy atom. The van der Waals surface area contributed by atoms with Gasteiger partial charge in [-0.3, -0.25) is 4.79 Å². The minimum Gasteiger partial charge on any atom is -0.497 e. The maximum absolute atomic E-state index is 11.6. The molecule has 0 aliphatic heterocycles. The summed E-state index contributed by atoms with van der Waals surface area (Å²) in [6, 6.07) is 7.39. The van der Waals surface area contributed by atoms with Crippen molar-refractivity contribution in [2.24, 2.45) is 0 Å². The van der Waals surface area contributed by atoms with E-state index in [9.17, 15) is 9.59 Å². The summed E-state index contributed by atoms with van der Waals surface area (Å²) in [7, 11) is 1.62. The minimum absolute atomic E-state index is 0.0311. The molecule has 1 aromatic carbocycles. The first-order valence-electron chi connectivity index (χ1n) is 6.95. The highest BCUT2D eigenvalue weighted by atomic mass is 16.5. The number of methoxy groups -OCH3 is 1. The van der Waals surface area contributed by atoms with Crippen LogP contribution in [0.1, 0.15) is 19.4 Å². The highest BCUT2D eigenvalue weighted by Gasteiger charge is 2.05. The number of amides is 3. The number of rotatable bonds is 7. The van der Waals surface area contributed by atoms with Crippen molar-refractivity contribution < 1.29 is 14.3 Å². The molecule has 1 rings (SSSR count). The van der Waals surface area contributed by atoms with Crippen LogP contribution in [0.25, 0.3) is 0 Å². The first-order valence-corrected chi connectivity index (χ1v) is 6.95. The normalized spacial score (nSPS) is 10.1. The number of urea groups is 1. The van der Waals surface area contributed by atoms with Gasteiger partial charge in [-0.2, -0.15) is 0 Å². The van der Waals surface area contributed by atoms with Gasteiger partial charge < -0.3 is 20.7 Å². The number of hydrogen-bond donors (Lipinski definition) is 3. The van der Waals surface area contributed by atoms with E-state index in [2.05, 4.69) is 16.0 Å². The van der Waals surface area contributed by atoms with Crippen molar-refractivity contribution in [2.45, 2.75) is 26.3 Å². The van der Waals surface area contributed by atoms with Crippen LogP contribution in [0.15, 0.2) is 24.3 Å². The Balaban J connectivity index is 2.22. The summed E-state index contributed by atoms with van der Waals surface area (Å²) in [5.41, 5.74) is 1.08. The number of nitrogens with one attached hydrogen (secondary N) is 3. The topological polar surface area (TPSA) is 79.5 Å². The summed E-state index contributed by atoms with van der Waals surface area (Å²) >= 11 is 0. The summed E-state index contributed by atoms with van der Waals surface area (Å²) in [6.07, 6.45) is 0.709. The number of carbonyl (C=O) groups is 2. The second-order valence-electron chi connectivity index (χ2n) is 4.93. The van der Waals surface area contributed by atoms with Crippen molar-refractivity contribution in [1.82, 2.24) is 16.0 Å². The molecule has 3 N–H and O–H groups in total. The number of ether oxygens (including phenoxy) is 1. The van der Waals surface area contributed by atoms with E-state index >= 15 is 0 Å². The first kappa shape index (κ1) is 16.8. The van der Waals surface area contributed by atoms with Crippen molar-refractivity contribution in [3.8, 4) is 5.75 Å². The second kappa shape index (κ2) is 8.84. The molecular weight excluding hydrogens is 270 g/mol. The summed E-state index contributed by atoms with van der Waals surface area (Å²) < 4.78 is 5.14. The fourth-order valence-corrected chi connectivity index (χ4v) is 1.71. The molecule has 0 spiro atoms. The molecule has 0 aliphatic rings. The third kappa shape index (κ3) is 7.20. The van der Waals surface area contributed by atoms with E-state index in [0.29, 0.717) is 13.0 Å². The van der Waals surface area contributed by atoms with Gasteiger partial charge in [-0.15, -0.1) is 0 Å². The molecule has 0 saturated carbocycles. The molecular formula is C15H23N3O3. The molecule has 0 aromatic heterocycles. The van der Waals surface area contributed by atoms with Crippen LogP contribution in [0.5, 0.6) is 5.75 Å². The van der Waals surface area contributed by atoms with Crippen LogP contribution >= 0.6 is 0 Å². The molecule has 6 heteroatoms. The molecule has 0 atom stereocenters. The zero-order chi connectivity index (χ0) is 15.7. The van der Waals surface area contributed by atoms with Crippen LogP contribution in [0, 0.1) is 0 Å². The smallest absolute Gasteiger partial charge is 0.315 e. The minimum atomic E-state index is -0.340. The first-order chi connectivity index (χ1) is 10.0. The maximum atomic E-state index is 11.6. The molecule has 116 valence electrons. The van der Waals surface area contributed by atoms with Crippen molar-refractivity contribution in [2.75, 3.05) is 20.2 Å². The van der Waals surface area contributed by atoms with Gasteiger partial charge in [-0.05, 0) is 38.0 Å². The number of hydrogen-bond acceptors (Lipinski definition) is 3. The second-order valence-corrected chi connectivity index (χ2v) is 4.93. The van der Waals surface area contributed by atoms with Crippen molar-refractivity contribution >= 4 is 11.9 Å². The Kier molecular flexibility index (Phi) is 7.08. The van der Waals surface area contributed by atoms with E-state index in [1.807, 2.05) is 38.1 Å². The standard InChI is InChI=1S/C15H23N3O3/c1-11(2)18-15(20)17-10-14(19)16-8-7-12-5-4-6-13(9-12)21-3/h4-6,9,11H,7-8,10H2,1-3H3,(H,16,19)(H2,17,18,20). The van der Waals surface area contributed by atoms with Gasteiger partial charge in [0.1, 0.15) is 5.75 Å². The Morgan fingerprint density at radius 1 is 1.24 bits per heavy atom. The molecule has 0 saturated heterocycles. The predicted molar refractivity (Wildman–Crippen MR) is 81.4 cm³/mol. The number of carbonyl (C=O) groups excluding carboxylic acids is 2. The quantitative estimate of drug-likeness (QED) is 0.703. The molecule has 0 unspecified atom stereocenters. The fraction of sp³-hybridized carbons (Fsp3) is 0.467. The SMILES string of the molecule is COc1cccc(CCNC(=O)CNC(=O)NC(C)C)c1. The van der Waals surface area contributed by atoms with Gasteiger partial charge >= 0.3 is 6.03 Å². The monoisotopic (exact) mass is 293 g/mol. The zero-order valence-corrected chi connectivity index (χ0v) is 12.7. The fourth-order valence-electron chi connectivity index (χ4n) is 1.71. The molecule has 21 heavy (non-hydrogen) atoms. The molecule has 6 nitrogen and oxygen atoms in total.